The molecule has 1 aromatic heterocycles. The summed E-state index contributed by atoms with van der Waals surface area (Å²) in [7, 11) is 0. The lowest BCUT2D eigenvalue weighted by atomic mass is 9.89. The van der Waals surface area contributed by atoms with Gasteiger partial charge in [0, 0.05) is 30.1 Å². The number of rotatable bonds is 4. The Labute approximate surface area is 107 Å². The Morgan fingerprint density at radius 1 is 1.33 bits per heavy atom. The van der Waals surface area contributed by atoms with Gasteiger partial charge in [0.1, 0.15) is 0 Å². The molecule has 0 saturated carbocycles. The number of benzene rings is 1. The molecule has 18 heavy (non-hydrogen) atoms. The van der Waals surface area contributed by atoms with Crippen molar-refractivity contribution in [3.8, 4) is 0 Å². The molecule has 0 amide bonds. The Hall–Kier alpha value is -1.45. The molecule has 1 aliphatic rings. The lowest BCUT2D eigenvalue weighted by Crippen LogP contribution is -2.47. The van der Waals surface area contributed by atoms with E-state index in [1.165, 1.54) is 10.9 Å². The van der Waals surface area contributed by atoms with Gasteiger partial charge in [-0.15, -0.1) is 0 Å². The molecule has 94 valence electrons. The highest BCUT2D eigenvalue weighted by atomic mass is 16.5. The summed E-state index contributed by atoms with van der Waals surface area (Å²) < 4.78 is 5.25. The predicted molar refractivity (Wildman–Crippen MR) is 72.4 cm³/mol. The van der Waals surface area contributed by atoms with Gasteiger partial charge in [-0.05, 0) is 17.7 Å². The first-order chi connectivity index (χ1) is 8.75. The van der Waals surface area contributed by atoms with Crippen molar-refractivity contribution in [1.29, 1.82) is 0 Å². The molecule has 3 heteroatoms. The summed E-state index contributed by atoms with van der Waals surface area (Å²) in [5, 5.41) is 4.69. The van der Waals surface area contributed by atoms with Crippen LogP contribution in [0.1, 0.15) is 12.5 Å². The van der Waals surface area contributed by atoms with Crippen molar-refractivity contribution in [2.75, 3.05) is 19.8 Å². The Kier molecular flexibility index (Phi) is 3.02. The first-order valence-electron chi connectivity index (χ1n) is 6.37. The van der Waals surface area contributed by atoms with Gasteiger partial charge in [-0.25, -0.2) is 0 Å². The third kappa shape index (κ3) is 2.37. The van der Waals surface area contributed by atoms with E-state index >= 15 is 0 Å². The summed E-state index contributed by atoms with van der Waals surface area (Å²) in [6.45, 7) is 5.86. The molecular weight excluding hydrogens is 224 g/mol. The van der Waals surface area contributed by atoms with Gasteiger partial charge in [-0.3, -0.25) is 4.98 Å². The highest BCUT2D eigenvalue weighted by Gasteiger charge is 2.32. The van der Waals surface area contributed by atoms with Crippen LogP contribution in [0.3, 0.4) is 0 Å². The first-order valence-corrected chi connectivity index (χ1v) is 6.37. The number of pyridine rings is 1. The quantitative estimate of drug-likeness (QED) is 0.893. The lowest BCUT2D eigenvalue weighted by Gasteiger charge is -2.38. The highest BCUT2D eigenvalue weighted by Crippen LogP contribution is 2.25. The van der Waals surface area contributed by atoms with Crippen LogP contribution in [0.25, 0.3) is 10.9 Å². The van der Waals surface area contributed by atoms with E-state index in [1.807, 2.05) is 24.4 Å². The number of hydrogen-bond donors (Lipinski definition) is 1. The fraction of sp³-hybridized carbons (Fsp3) is 0.400. The second-order valence-corrected chi connectivity index (χ2v) is 5.44. The van der Waals surface area contributed by atoms with Crippen molar-refractivity contribution in [2.24, 2.45) is 5.41 Å². The average Bonchev–Trinajstić information content (AvgIpc) is 2.37. The molecule has 1 fully saturated rings. The van der Waals surface area contributed by atoms with Gasteiger partial charge in [-0.2, -0.15) is 0 Å². The second kappa shape index (κ2) is 4.67. The molecule has 1 saturated heterocycles. The molecule has 0 unspecified atom stereocenters. The Morgan fingerprint density at radius 3 is 2.94 bits per heavy atom. The summed E-state index contributed by atoms with van der Waals surface area (Å²) in [4.78, 5) is 4.47. The number of para-hydroxylation sites is 1. The van der Waals surface area contributed by atoms with Gasteiger partial charge in [0.2, 0.25) is 0 Å². The normalized spacial score (nSPS) is 17.6. The molecular formula is C15H18N2O. The number of fused-ring (bicyclic) bond motifs is 1. The minimum absolute atomic E-state index is 0.324. The van der Waals surface area contributed by atoms with Crippen LogP contribution in [0.4, 0.5) is 0 Å². The minimum Gasteiger partial charge on any atom is -0.380 e. The third-order valence-corrected chi connectivity index (χ3v) is 3.43. The van der Waals surface area contributed by atoms with Crippen LogP contribution < -0.4 is 5.32 Å². The number of aromatic nitrogens is 1. The van der Waals surface area contributed by atoms with Crippen LogP contribution in [0.5, 0.6) is 0 Å². The van der Waals surface area contributed by atoms with Gasteiger partial charge < -0.3 is 10.1 Å². The fourth-order valence-electron chi connectivity index (χ4n) is 2.27. The molecule has 0 spiro atoms. The predicted octanol–water partition coefficient (Wildman–Crippen LogP) is 2.36. The molecule has 3 rings (SSSR count). The third-order valence-electron chi connectivity index (χ3n) is 3.43. The van der Waals surface area contributed by atoms with E-state index in [4.69, 9.17) is 4.74 Å². The van der Waals surface area contributed by atoms with Crippen molar-refractivity contribution >= 4 is 10.9 Å². The molecule has 1 N–H and O–H groups in total. The molecule has 3 nitrogen and oxygen atoms in total. The maximum atomic E-state index is 5.25. The maximum absolute atomic E-state index is 5.25. The van der Waals surface area contributed by atoms with Crippen LogP contribution in [0.15, 0.2) is 36.5 Å². The fourth-order valence-corrected chi connectivity index (χ4v) is 2.27. The van der Waals surface area contributed by atoms with Crippen LogP contribution in [0, 0.1) is 5.41 Å². The van der Waals surface area contributed by atoms with Crippen molar-refractivity contribution in [3.63, 3.8) is 0 Å². The topological polar surface area (TPSA) is 34.2 Å². The Balaban J connectivity index is 1.64. The molecule has 0 atom stereocenters. The minimum atomic E-state index is 0.324. The van der Waals surface area contributed by atoms with Crippen molar-refractivity contribution in [2.45, 2.75) is 13.5 Å². The van der Waals surface area contributed by atoms with Gasteiger partial charge >= 0.3 is 0 Å². The molecule has 0 aliphatic carbocycles. The summed E-state index contributed by atoms with van der Waals surface area (Å²) in [6.07, 6.45) is 1.95. The SMILES string of the molecule is CC1(CNCc2cnc3ccccc3c2)COC1. The first kappa shape index (κ1) is 11.6. The largest absolute Gasteiger partial charge is 0.380 e. The van der Waals surface area contributed by atoms with E-state index in [0.29, 0.717) is 5.41 Å². The molecule has 0 radical (unpaired) electrons. The highest BCUT2D eigenvalue weighted by molar-refractivity contribution is 5.78. The summed E-state index contributed by atoms with van der Waals surface area (Å²) in [5.74, 6) is 0. The zero-order valence-electron chi connectivity index (χ0n) is 10.6. The number of nitrogens with one attached hydrogen (secondary N) is 1. The molecule has 1 aliphatic heterocycles. The lowest BCUT2D eigenvalue weighted by molar-refractivity contribution is -0.0991. The standard InChI is InChI=1S/C15H18N2O/c1-15(10-18-11-15)9-16-7-12-6-13-4-2-3-5-14(13)17-8-12/h2-6,8,16H,7,9-11H2,1H3. The van der Waals surface area contributed by atoms with Crippen LogP contribution in [-0.2, 0) is 11.3 Å². The monoisotopic (exact) mass is 242 g/mol. The Morgan fingerprint density at radius 2 is 2.17 bits per heavy atom. The summed E-state index contributed by atoms with van der Waals surface area (Å²) in [6, 6.07) is 10.4. The van der Waals surface area contributed by atoms with Gasteiger partial charge in [-0.1, -0.05) is 25.1 Å². The average molecular weight is 242 g/mol. The number of hydrogen-bond acceptors (Lipinski definition) is 3. The van der Waals surface area contributed by atoms with E-state index in [0.717, 1.165) is 31.8 Å². The second-order valence-electron chi connectivity index (χ2n) is 5.44. The number of nitrogens with zero attached hydrogens (tertiary/aromatic N) is 1. The van der Waals surface area contributed by atoms with E-state index in [2.05, 4.69) is 29.4 Å². The summed E-state index contributed by atoms with van der Waals surface area (Å²) in [5.41, 5.74) is 2.61. The molecule has 0 bridgehead atoms. The van der Waals surface area contributed by atoms with Gasteiger partial charge in [0.25, 0.3) is 0 Å². The van der Waals surface area contributed by atoms with Crippen LogP contribution in [0.2, 0.25) is 0 Å². The molecule has 2 heterocycles. The van der Waals surface area contributed by atoms with Crippen molar-refractivity contribution in [1.82, 2.24) is 10.3 Å². The summed E-state index contributed by atoms with van der Waals surface area (Å²) >= 11 is 0. The van der Waals surface area contributed by atoms with Gasteiger partial charge in [0.15, 0.2) is 0 Å². The molecule has 2 aromatic rings. The van der Waals surface area contributed by atoms with E-state index in [-0.39, 0.29) is 0 Å². The smallest absolute Gasteiger partial charge is 0.0702 e. The molecule has 1 aromatic carbocycles. The van der Waals surface area contributed by atoms with Crippen molar-refractivity contribution in [3.05, 3.63) is 42.1 Å². The zero-order valence-corrected chi connectivity index (χ0v) is 10.6. The van der Waals surface area contributed by atoms with E-state index < -0.39 is 0 Å². The van der Waals surface area contributed by atoms with E-state index in [9.17, 15) is 0 Å². The maximum Gasteiger partial charge on any atom is 0.0702 e. The number of ether oxygens (including phenoxy) is 1. The van der Waals surface area contributed by atoms with E-state index in [1.54, 1.807) is 0 Å². The Bertz CT molecular complexity index is 549. The van der Waals surface area contributed by atoms with Gasteiger partial charge in [0.05, 0.1) is 18.7 Å². The zero-order chi connectivity index (χ0) is 12.4. The van der Waals surface area contributed by atoms with Crippen LogP contribution >= 0.6 is 0 Å². The van der Waals surface area contributed by atoms with Crippen molar-refractivity contribution < 1.29 is 4.74 Å². The van der Waals surface area contributed by atoms with Crippen LogP contribution in [-0.4, -0.2) is 24.7 Å².